The Morgan fingerprint density at radius 1 is 0.974 bits per heavy atom. The van der Waals surface area contributed by atoms with E-state index in [-0.39, 0.29) is 25.5 Å². The molecule has 0 aliphatic rings. The summed E-state index contributed by atoms with van der Waals surface area (Å²) in [5.74, 6) is -0.659. The Hall–Kier alpha value is -4.66. The van der Waals surface area contributed by atoms with Crippen LogP contribution in [0.15, 0.2) is 107 Å². The van der Waals surface area contributed by atoms with Crippen molar-refractivity contribution >= 4 is 28.1 Å². The van der Waals surface area contributed by atoms with Crippen molar-refractivity contribution < 1.29 is 14.4 Å². The maximum absolute atomic E-state index is 12.7. The minimum atomic E-state index is -0.772. The fourth-order valence-corrected chi connectivity index (χ4v) is 4.76. The average molecular weight is 527 g/mol. The van der Waals surface area contributed by atoms with Crippen LogP contribution in [0.2, 0.25) is 0 Å². The molecule has 0 fully saturated rings. The lowest BCUT2D eigenvalue weighted by molar-refractivity contribution is -0.135. The first-order valence-corrected chi connectivity index (χ1v) is 12.9. The van der Waals surface area contributed by atoms with E-state index < -0.39 is 11.5 Å². The number of aromatic nitrogens is 1. The Morgan fingerprint density at radius 2 is 1.53 bits per heavy atom. The number of anilines is 1. The molecule has 0 aliphatic carbocycles. The first kappa shape index (κ1) is 26.4. The second-order valence-electron chi connectivity index (χ2n) is 7.96. The van der Waals surface area contributed by atoms with Gasteiger partial charge in [0.05, 0.1) is 13.2 Å². The largest absolute Gasteiger partial charge is 0.461 e. The first-order chi connectivity index (χ1) is 18.7. The maximum atomic E-state index is 12.7. The Kier molecular flexibility index (Phi) is 9.07. The van der Waals surface area contributed by atoms with Crippen molar-refractivity contribution in [3.63, 3.8) is 0 Å². The van der Waals surface area contributed by atoms with Gasteiger partial charge in [-0.25, -0.2) is 9.78 Å². The van der Waals surface area contributed by atoms with E-state index in [0.717, 1.165) is 16.7 Å². The molecular formula is C28H26N6O3S. The van der Waals surface area contributed by atoms with Gasteiger partial charge in [0.1, 0.15) is 17.8 Å². The minimum Gasteiger partial charge on any atom is -0.461 e. The second-order valence-corrected chi connectivity index (χ2v) is 8.82. The highest BCUT2D eigenvalue weighted by molar-refractivity contribution is 7.14. The Labute approximate surface area is 224 Å². The van der Waals surface area contributed by atoms with E-state index in [1.807, 2.05) is 54.6 Å². The molecule has 0 unspecified atom stereocenters. The molecule has 3 aromatic carbocycles. The van der Waals surface area contributed by atoms with Crippen LogP contribution in [-0.2, 0) is 19.9 Å². The zero-order valence-electron chi connectivity index (χ0n) is 20.7. The van der Waals surface area contributed by atoms with Gasteiger partial charge in [0.2, 0.25) is 5.71 Å². The number of thiazole rings is 1. The predicted octanol–water partition coefficient (Wildman–Crippen LogP) is 6.14. The third kappa shape index (κ3) is 6.00. The number of carbonyl (C=O) groups excluding carboxylic acids is 1. The molecule has 1 N–H and O–H groups in total. The molecular weight excluding hydrogens is 500 g/mol. The van der Waals surface area contributed by atoms with E-state index in [2.05, 4.69) is 56.9 Å². The van der Waals surface area contributed by atoms with E-state index in [1.54, 1.807) is 12.3 Å². The summed E-state index contributed by atoms with van der Waals surface area (Å²) in [7, 11) is 0. The Bertz CT molecular complexity index is 1310. The molecule has 10 heteroatoms. The smallest absolute Gasteiger partial charge is 0.362 e. The van der Waals surface area contributed by atoms with Crippen LogP contribution in [-0.4, -0.2) is 36.4 Å². The number of ether oxygens (including phenoxy) is 1. The molecule has 0 atom stereocenters. The van der Waals surface area contributed by atoms with Gasteiger partial charge in [-0.15, -0.1) is 11.3 Å². The van der Waals surface area contributed by atoms with Crippen molar-refractivity contribution in [3.8, 4) is 0 Å². The van der Waals surface area contributed by atoms with Crippen molar-refractivity contribution in [1.82, 2.24) is 4.98 Å². The summed E-state index contributed by atoms with van der Waals surface area (Å²) in [4.78, 5) is 25.2. The van der Waals surface area contributed by atoms with Gasteiger partial charge in [-0.05, 0) is 29.1 Å². The lowest BCUT2D eigenvalue weighted by Crippen LogP contribution is -2.38. The molecule has 192 valence electrons. The summed E-state index contributed by atoms with van der Waals surface area (Å²) in [6, 6.07) is 30.4. The lowest BCUT2D eigenvalue weighted by atomic mass is 9.77. The van der Waals surface area contributed by atoms with Gasteiger partial charge in [0.25, 0.3) is 0 Å². The van der Waals surface area contributed by atoms with Crippen LogP contribution >= 0.6 is 11.3 Å². The SMILES string of the molecule is CCOC(=O)/C(=N/OCCN=[N+]=[N-])c1csc(NC(c2ccccc2)(c2ccccc2)c2ccccc2)n1. The molecule has 4 aromatic rings. The van der Waals surface area contributed by atoms with Crippen LogP contribution in [0.3, 0.4) is 0 Å². The van der Waals surface area contributed by atoms with Crippen LogP contribution in [0.25, 0.3) is 10.4 Å². The lowest BCUT2D eigenvalue weighted by Gasteiger charge is -2.36. The van der Waals surface area contributed by atoms with Crippen LogP contribution in [0.4, 0.5) is 5.13 Å². The van der Waals surface area contributed by atoms with Crippen molar-refractivity contribution in [2.24, 2.45) is 10.3 Å². The van der Waals surface area contributed by atoms with E-state index >= 15 is 0 Å². The molecule has 4 rings (SSSR count). The third-order valence-electron chi connectivity index (χ3n) is 5.63. The number of benzene rings is 3. The minimum absolute atomic E-state index is 0.0152. The van der Waals surface area contributed by atoms with E-state index in [1.165, 1.54) is 11.3 Å². The zero-order valence-corrected chi connectivity index (χ0v) is 21.5. The van der Waals surface area contributed by atoms with Gasteiger partial charge in [-0.1, -0.05) is 101 Å². The number of nitrogens with zero attached hydrogens (tertiary/aromatic N) is 5. The molecule has 38 heavy (non-hydrogen) atoms. The molecule has 1 heterocycles. The summed E-state index contributed by atoms with van der Waals surface area (Å²) in [6.45, 7) is 1.97. The summed E-state index contributed by atoms with van der Waals surface area (Å²) in [5.41, 5.74) is 11.0. The number of hydrogen-bond acceptors (Lipinski definition) is 8. The topological polar surface area (TPSA) is 122 Å². The number of oxime groups is 1. The summed E-state index contributed by atoms with van der Waals surface area (Å²) >= 11 is 1.34. The van der Waals surface area contributed by atoms with Gasteiger partial charge < -0.3 is 14.9 Å². The highest BCUT2D eigenvalue weighted by atomic mass is 32.1. The second kappa shape index (κ2) is 13.0. The normalized spacial score (nSPS) is 11.3. The van der Waals surface area contributed by atoms with Crippen LogP contribution < -0.4 is 5.32 Å². The van der Waals surface area contributed by atoms with Crippen LogP contribution in [0, 0.1) is 0 Å². The van der Waals surface area contributed by atoms with E-state index in [0.29, 0.717) is 10.8 Å². The molecule has 0 bridgehead atoms. The summed E-state index contributed by atoms with van der Waals surface area (Å²) in [6.07, 6.45) is 0. The van der Waals surface area contributed by atoms with Crippen molar-refractivity contribution in [1.29, 1.82) is 0 Å². The van der Waals surface area contributed by atoms with Gasteiger partial charge in [-0.2, -0.15) is 0 Å². The molecule has 0 saturated carbocycles. The van der Waals surface area contributed by atoms with Gasteiger partial charge in [0.15, 0.2) is 5.13 Å². The molecule has 9 nitrogen and oxygen atoms in total. The predicted molar refractivity (Wildman–Crippen MR) is 148 cm³/mol. The zero-order chi connectivity index (χ0) is 26.6. The highest BCUT2D eigenvalue weighted by Crippen LogP contribution is 2.40. The van der Waals surface area contributed by atoms with Gasteiger partial charge in [0, 0.05) is 10.3 Å². The van der Waals surface area contributed by atoms with E-state index in [9.17, 15) is 4.79 Å². The number of nitrogens with one attached hydrogen (secondary N) is 1. The third-order valence-corrected chi connectivity index (χ3v) is 6.39. The molecule has 1 aromatic heterocycles. The van der Waals surface area contributed by atoms with Crippen molar-refractivity contribution in [3.05, 3.63) is 129 Å². The fourth-order valence-electron chi connectivity index (χ4n) is 4.01. The number of carbonyl (C=O) groups is 1. The van der Waals surface area contributed by atoms with Crippen LogP contribution in [0.5, 0.6) is 0 Å². The quantitative estimate of drug-likeness (QED) is 0.0347. The molecule has 0 aliphatic heterocycles. The maximum Gasteiger partial charge on any atom is 0.362 e. The first-order valence-electron chi connectivity index (χ1n) is 12.0. The standard InChI is InChI=1S/C28H26N6O3S/c1-2-36-26(35)25(33-37-19-18-30-34-29)24-20-38-27(31-24)32-28(21-12-6-3-7-13-21,22-14-8-4-9-15-22)23-16-10-5-11-17-23/h3-17,20H,2,18-19H2,1H3,(H,31,32)/b33-25+. The van der Waals surface area contributed by atoms with Gasteiger partial charge >= 0.3 is 5.97 Å². The fraction of sp³-hybridized carbons (Fsp3) is 0.179. The van der Waals surface area contributed by atoms with Crippen molar-refractivity contribution in [2.75, 3.05) is 25.1 Å². The number of azide groups is 1. The Balaban J connectivity index is 1.77. The molecule has 0 radical (unpaired) electrons. The van der Waals surface area contributed by atoms with Crippen molar-refractivity contribution in [2.45, 2.75) is 12.5 Å². The number of rotatable bonds is 12. The van der Waals surface area contributed by atoms with Crippen LogP contribution in [0.1, 0.15) is 29.3 Å². The summed E-state index contributed by atoms with van der Waals surface area (Å²) < 4.78 is 5.17. The molecule has 0 amide bonds. The van der Waals surface area contributed by atoms with E-state index in [4.69, 9.17) is 20.1 Å². The Morgan fingerprint density at radius 3 is 2.03 bits per heavy atom. The number of esters is 1. The average Bonchev–Trinajstić information content (AvgIpc) is 3.43. The number of hydrogen-bond donors (Lipinski definition) is 1. The molecule has 0 spiro atoms. The monoisotopic (exact) mass is 526 g/mol. The summed E-state index contributed by atoms with van der Waals surface area (Å²) in [5, 5.41) is 13.3. The molecule has 0 saturated heterocycles. The highest BCUT2D eigenvalue weighted by Gasteiger charge is 2.37. The van der Waals surface area contributed by atoms with Gasteiger partial charge in [-0.3, -0.25) is 0 Å².